The molecule has 0 N–H and O–H groups in total. The summed E-state index contributed by atoms with van der Waals surface area (Å²) in [6.07, 6.45) is -0.861. The van der Waals surface area contributed by atoms with E-state index < -0.39 is 11.7 Å². The van der Waals surface area contributed by atoms with E-state index in [1.807, 2.05) is 146 Å². The van der Waals surface area contributed by atoms with Gasteiger partial charge in [-0.25, -0.2) is 0 Å². The Bertz CT molecular complexity index is 3940. The van der Waals surface area contributed by atoms with Crippen LogP contribution in [0.4, 0.5) is 13.2 Å². The summed E-state index contributed by atoms with van der Waals surface area (Å²) in [5.74, 6) is 0. The SMILES string of the molecule is N#Cc1cc(-n2c3ccccc3c3ccc(-c4ccc(-c5ccccc5)nc4)cc32)c(-c2cccc(C(F)(F)F)c2)cc1-n1c2ccccc2c2ccc(-c3ccc(-c4ccccc4)nc3)cc21. The molecule has 0 unspecified atom stereocenters. The Morgan fingerprint density at radius 3 is 1.35 bits per heavy atom. The highest BCUT2D eigenvalue weighted by atomic mass is 19.4. The summed E-state index contributed by atoms with van der Waals surface area (Å²) in [5, 5.41) is 15.1. The van der Waals surface area contributed by atoms with Gasteiger partial charge in [0.05, 0.1) is 56.0 Å². The normalized spacial score (nSPS) is 11.7. The molecular formula is C60H36F3N5. The Balaban J connectivity index is 1.09. The van der Waals surface area contributed by atoms with E-state index >= 15 is 0 Å². The molecule has 12 aromatic rings. The third kappa shape index (κ3) is 6.88. The van der Waals surface area contributed by atoms with Crippen molar-refractivity contribution in [2.24, 2.45) is 0 Å². The van der Waals surface area contributed by atoms with Crippen molar-refractivity contribution in [2.45, 2.75) is 6.18 Å². The molecule has 0 atom stereocenters. The molecular weight excluding hydrogens is 848 g/mol. The topological polar surface area (TPSA) is 59.4 Å². The lowest BCUT2D eigenvalue weighted by atomic mass is 9.97. The summed E-state index contributed by atoms with van der Waals surface area (Å²) < 4.78 is 47.9. The molecule has 0 radical (unpaired) electrons. The van der Waals surface area contributed by atoms with Gasteiger partial charge in [0.25, 0.3) is 0 Å². The van der Waals surface area contributed by atoms with E-state index in [1.54, 1.807) is 6.07 Å². The van der Waals surface area contributed by atoms with Gasteiger partial charge in [0.2, 0.25) is 0 Å². The van der Waals surface area contributed by atoms with Crippen LogP contribution < -0.4 is 0 Å². The average Bonchev–Trinajstić information content (AvgIpc) is 3.90. The zero-order valence-corrected chi connectivity index (χ0v) is 36.2. The van der Waals surface area contributed by atoms with Gasteiger partial charge < -0.3 is 9.13 Å². The highest BCUT2D eigenvalue weighted by Gasteiger charge is 2.31. The molecule has 322 valence electrons. The lowest BCUT2D eigenvalue weighted by molar-refractivity contribution is -0.137. The number of para-hydroxylation sites is 2. The second-order valence-electron chi connectivity index (χ2n) is 16.8. The second-order valence-corrected chi connectivity index (χ2v) is 16.8. The number of nitrogens with zero attached hydrogens (tertiary/aromatic N) is 5. The first kappa shape index (κ1) is 40.4. The van der Waals surface area contributed by atoms with Crippen LogP contribution >= 0.6 is 0 Å². The molecule has 0 bridgehead atoms. The van der Waals surface area contributed by atoms with Gasteiger partial charge in [-0.05, 0) is 77.4 Å². The zero-order valence-electron chi connectivity index (χ0n) is 36.2. The fourth-order valence-corrected chi connectivity index (χ4v) is 9.64. The van der Waals surface area contributed by atoms with Gasteiger partial charge in [-0.2, -0.15) is 18.4 Å². The fraction of sp³-hybridized carbons (Fsp3) is 0.0167. The van der Waals surface area contributed by atoms with Gasteiger partial charge in [-0.15, -0.1) is 0 Å². The average molecular weight is 884 g/mol. The van der Waals surface area contributed by atoms with Crippen molar-refractivity contribution < 1.29 is 13.2 Å². The van der Waals surface area contributed by atoms with E-state index in [0.717, 1.165) is 94.4 Å². The summed E-state index contributed by atoms with van der Waals surface area (Å²) in [6.45, 7) is 0. The maximum Gasteiger partial charge on any atom is 0.416 e. The van der Waals surface area contributed by atoms with Gasteiger partial charge in [0.1, 0.15) is 6.07 Å². The predicted octanol–water partition coefficient (Wildman–Crippen LogP) is 15.9. The van der Waals surface area contributed by atoms with Gasteiger partial charge in [-0.3, -0.25) is 9.97 Å². The minimum Gasteiger partial charge on any atom is -0.309 e. The van der Waals surface area contributed by atoms with Crippen molar-refractivity contribution in [3.05, 3.63) is 230 Å². The van der Waals surface area contributed by atoms with Crippen molar-refractivity contribution in [1.82, 2.24) is 19.1 Å². The standard InChI is InChI=1S/C60H36F3N5/c61-60(62,63)46-17-11-16-42(30-46)51-34-56(67-54-20-9-7-18-47(54)49-26-22-40(31-57(49)67)43-24-28-52(65-36-43)38-12-3-1-4-13-38)45(35-64)33-59(51)68-55-21-10-8-19-48(55)50-27-23-41(32-58(50)68)44-25-29-53(66-37-44)39-14-5-2-6-15-39/h1-34,36-37H. The van der Waals surface area contributed by atoms with Crippen LogP contribution in [0.5, 0.6) is 0 Å². The lowest BCUT2D eigenvalue weighted by Crippen LogP contribution is -2.06. The number of pyridine rings is 2. The van der Waals surface area contributed by atoms with Crippen molar-refractivity contribution in [1.29, 1.82) is 5.26 Å². The van der Waals surface area contributed by atoms with E-state index in [2.05, 4.69) is 63.7 Å². The molecule has 4 heterocycles. The number of alkyl halides is 3. The molecule has 4 aromatic heterocycles. The Kier molecular flexibility index (Phi) is 9.59. The molecule has 0 aliphatic rings. The lowest BCUT2D eigenvalue weighted by Gasteiger charge is -2.20. The number of hydrogen-bond acceptors (Lipinski definition) is 3. The van der Waals surface area contributed by atoms with E-state index in [1.165, 1.54) is 12.1 Å². The summed E-state index contributed by atoms with van der Waals surface area (Å²) in [6, 6.07) is 68.3. The Hall–Kier alpha value is -9.06. The van der Waals surface area contributed by atoms with E-state index in [9.17, 15) is 18.4 Å². The van der Waals surface area contributed by atoms with Crippen LogP contribution in [0, 0.1) is 11.3 Å². The molecule has 8 aromatic carbocycles. The quantitative estimate of drug-likeness (QED) is 0.160. The number of rotatable bonds is 7. The van der Waals surface area contributed by atoms with Crippen LogP contribution in [0.2, 0.25) is 0 Å². The monoisotopic (exact) mass is 883 g/mol. The van der Waals surface area contributed by atoms with Crippen molar-refractivity contribution in [3.63, 3.8) is 0 Å². The molecule has 12 rings (SSSR count). The summed E-state index contributed by atoms with van der Waals surface area (Å²) in [5.41, 5.74) is 12.3. The van der Waals surface area contributed by atoms with Crippen LogP contribution in [-0.2, 0) is 6.18 Å². The van der Waals surface area contributed by atoms with Crippen molar-refractivity contribution >= 4 is 43.6 Å². The highest BCUT2D eigenvalue weighted by molar-refractivity contribution is 6.12. The minimum atomic E-state index is -4.59. The number of hydrogen-bond donors (Lipinski definition) is 0. The molecule has 0 aliphatic carbocycles. The van der Waals surface area contributed by atoms with Gasteiger partial charge in [0.15, 0.2) is 0 Å². The molecule has 0 amide bonds. The highest BCUT2D eigenvalue weighted by Crippen LogP contribution is 2.43. The largest absolute Gasteiger partial charge is 0.416 e. The predicted molar refractivity (Wildman–Crippen MR) is 268 cm³/mol. The summed E-state index contributed by atoms with van der Waals surface area (Å²) >= 11 is 0. The third-order valence-electron chi connectivity index (χ3n) is 12.9. The zero-order chi connectivity index (χ0) is 45.9. The number of halogens is 3. The molecule has 0 fully saturated rings. The molecule has 5 nitrogen and oxygen atoms in total. The number of benzene rings is 8. The van der Waals surface area contributed by atoms with E-state index in [-0.39, 0.29) is 0 Å². The first-order valence-electron chi connectivity index (χ1n) is 22.2. The maximum atomic E-state index is 14.6. The van der Waals surface area contributed by atoms with Gasteiger partial charge in [0, 0.05) is 61.8 Å². The number of fused-ring (bicyclic) bond motifs is 6. The summed E-state index contributed by atoms with van der Waals surface area (Å²) in [7, 11) is 0. The van der Waals surface area contributed by atoms with Gasteiger partial charge >= 0.3 is 6.18 Å². The minimum absolute atomic E-state index is 0.348. The van der Waals surface area contributed by atoms with Crippen LogP contribution in [0.1, 0.15) is 11.1 Å². The Morgan fingerprint density at radius 1 is 0.382 bits per heavy atom. The number of nitriles is 1. The smallest absolute Gasteiger partial charge is 0.309 e. The van der Waals surface area contributed by atoms with Gasteiger partial charge in [-0.1, -0.05) is 146 Å². The fourth-order valence-electron chi connectivity index (χ4n) is 9.64. The van der Waals surface area contributed by atoms with E-state index in [4.69, 9.17) is 9.97 Å². The Labute approximate surface area is 388 Å². The van der Waals surface area contributed by atoms with Crippen molar-refractivity contribution in [3.8, 4) is 73.3 Å². The number of aromatic nitrogens is 4. The molecule has 0 spiro atoms. The molecule has 0 saturated heterocycles. The van der Waals surface area contributed by atoms with Crippen LogP contribution in [0.15, 0.2) is 219 Å². The van der Waals surface area contributed by atoms with Crippen LogP contribution in [0.25, 0.3) is 111 Å². The molecule has 0 aliphatic heterocycles. The maximum absolute atomic E-state index is 14.6. The first-order valence-corrected chi connectivity index (χ1v) is 22.2. The van der Waals surface area contributed by atoms with Crippen molar-refractivity contribution in [2.75, 3.05) is 0 Å². The van der Waals surface area contributed by atoms with Crippen LogP contribution in [-0.4, -0.2) is 19.1 Å². The summed E-state index contributed by atoms with van der Waals surface area (Å²) in [4.78, 5) is 9.61. The third-order valence-corrected chi connectivity index (χ3v) is 12.9. The van der Waals surface area contributed by atoms with E-state index in [0.29, 0.717) is 28.1 Å². The molecule has 68 heavy (non-hydrogen) atoms. The first-order chi connectivity index (χ1) is 33.3. The second kappa shape index (κ2) is 16.1. The molecule has 0 saturated carbocycles. The van der Waals surface area contributed by atoms with Crippen LogP contribution in [0.3, 0.4) is 0 Å². The Morgan fingerprint density at radius 2 is 0.853 bits per heavy atom. The molecule has 8 heteroatoms.